The third-order valence-electron chi connectivity index (χ3n) is 6.03. The van der Waals surface area contributed by atoms with E-state index in [2.05, 4.69) is 10.8 Å². The molecule has 0 unspecified atom stereocenters. The number of piperidine rings is 1. The topological polar surface area (TPSA) is 66.5 Å². The molecule has 0 atom stereocenters. The van der Waals surface area contributed by atoms with Crippen LogP contribution in [0.1, 0.15) is 48.3 Å². The van der Waals surface area contributed by atoms with Gasteiger partial charge in [-0.2, -0.15) is 0 Å². The Hall–Kier alpha value is -2.34. The van der Waals surface area contributed by atoms with Crippen molar-refractivity contribution in [1.29, 1.82) is 0 Å². The van der Waals surface area contributed by atoms with E-state index in [0.717, 1.165) is 49.9 Å². The summed E-state index contributed by atoms with van der Waals surface area (Å²) >= 11 is 0. The summed E-state index contributed by atoms with van der Waals surface area (Å²) in [5.41, 5.74) is 3.76. The summed E-state index contributed by atoms with van der Waals surface area (Å²) < 4.78 is 28.0. The normalized spacial score (nSPS) is 17.9. The van der Waals surface area contributed by atoms with Gasteiger partial charge < -0.3 is 4.90 Å². The molecule has 0 bridgehead atoms. The Morgan fingerprint density at radius 3 is 2.21 bits per heavy atom. The minimum atomic E-state index is -3.60. The first-order chi connectivity index (χ1) is 13.8. The second-order valence-electron chi connectivity index (χ2n) is 8.37. The van der Waals surface area contributed by atoms with Crippen molar-refractivity contribution in [2.75, 3.05) is 17.8 Å². The molecule has 0 spiro atoms. The minimum Gasteiger partial charge on any atom is -0.342 e. The van der Waals surface area contributed by atoms with Crippen molar-refractivity contribution < 1.29 is 13.2 Å². The Morgan fingerprint density at radius 1 is 0.966 bits per heavy atom. The third kappa shape index (κ3) is 4.47. The highest BCUT2D eigenvalue weighted by Gasteiger charge is 2.35. The van der Waals surface area contributed by atoms with Gasteiger partial charge in [-0.15, -0.1) is 0 Å². The summed E-state index contributed by atoms with van der Waals surface area (Å²) in [6, 6.07) is 12.8. The zero-order chi connectivity index (χ0) is 20.6. The van der Waals surface area contributed by atoms with E-state index < -0.39 is 10.0 Å². The first kappa shape index (κ1) is 20.0. The molecule has 1 saturated heterocycles. The molecule has 1 aliphatic heterocycles. The van der Waals surface area contributed by atoms with E-state index in [1.165, 1.54) is 5.56 Å². The number of rotatable bonds is 5. The molecule has 1 amide bonds. The lowest BCUT2D eigenvalue weighted by atomic mass is 9.88. The molecular weight excluding hydrogens is 384 g/mol. The van der Waals surface area contributed by atoms with Crippen LogP contribution in [0.25, 0.3) is 0 Å². The van der Waals surface area contributed by atoms with Gasteiger partial charge in [0.05, 0.1) is 10.6 Å². The SMILES string of the molecule is Cc1ccc(S(=O)(=O)Nc2ccc(C3CCN(C(=O)C4CC4)CC3)cc2C)cc1. The van der Waals surface area contributed by atoms with E-state index in [-0.39, 0.29) is 10.8 Å². The largest absolute Gasteiger partial charge is 0.342 e. The van der Waals surface area contributed by atoms with Gasteiger partial charge in [-0.25, -0.2) is 8.42 Å². The van der Waals surface area contributed by atoms with Gasteiger partial charge >= 0.3 is 0 Å². The van der Waals surface area contributed by atoms with Crippen LogP contribution in [0.4, 0.5) is 5.69 Å². The molecule has 0 radical (unpaired) electrons. The van der Waals surface area contributed by atoms with Gasteiger partial charge in [-0.3, -0.25) is 9.52 Å². The van der Waals surface area contributed by atoms with Crippen molar-refractivity contribution in [2.45, 2.75) is 50.3 Å². The molecule has 6 heteroatoms. The van der Waals surface area contributed by atoms with Gasteiger partial charge in [0.25, 0.3) is 10.0 Å². The minimum absolute atomic E-state index is 0.263. The number of hydrogen-bond donors (Lipinski definition) is 1. The average molecular weight is 413 g/mol. The molecule has 2 fully saturated rings. The van der Waals surface area contributed by atoms with Gasteiger partial charge in [0.1, 0.15) is 0 Å². The lowest BCUT2D eigenvalue weighted by Crippen LogP contribution is -2.38. The summed E-state index contributed by atoms with van der Waals surface area (Å²) in [6.07, 6.45) is 4.04. The standard InChI is InChI=1S/C23H28N2O3S/c1-16-3-8-21(9-4-16)29(27,28)24-22-10-7-20(15-17(22)2)18-11-13-25(14-12-18)23(26)19-5-6-19/h3-4,7-10,15,18-19,24H,5-6,11-14H2,1-2H3. The van der Waals surface area contributed by atoms with E-state index in [1.54, 1.807) is 24.3 Å². The van der Waals surface area contributed by atoms with Gasteiger partial charge in [-0.05, 0) is 74.8 Å². The number of carbonyl (C=O) groups is 1. The van der Waals surface area contributed by atoms with E-state index in [9.17, 15) is 13.2 Å². The number of anilines is 1. The fourth-order valence-corrected chi connectivity index (χ4v) is 5.13. The first-order valence-electron chi connectivity index (χ1n) is 10.3. The highest BCUT2D eigenvalue weighted by molar-refractivity contribution is 7.92. The Morgan fingerprint density at radius 2 is 1.62 bits per heavy atom. The maximum atomic E-state index is 12.7. The second kappa shape index (κ2) is 7.82. The molecule has 29 heavy (non-hydrogen) atoms. The van der Waals surface area contributed by atoms with Crippen LogP contribution in [-0.2, 0) is 14.8 Å². The van der Waals surface area contributed by atoms with Crippen molar-refractivity contribution in [2.24, 2.45) is 5.92 Å². The molecule has 2 aromatic carbocycles. The van der Waals surface area contributed by atoms with Crippen molar-refractivity contribution in [3.8, 4) is 0 Å². The number of carbonyl (C=O) groups excluding carboxylic acids is 1. The number of amides is 1. The highest BCUT2D eigenvalue weighted by atomic mass is 32.2. The van der Waals surface area contributed by atoms with Crippen LogP contribution in [0.2, 0.25) is 0 Å². The van der Waals surface area contributed by atoms with Crippen molar-refractivity contribution in [3.05, 3.63) is 59.2 Å². The second-order valence-corrected chi connectivity index (χ2v) is 10.0. The molecule has 1 heterocycles. The molecule has 0 aromatic heterocycles. The maximum absolute atomic E-state index is 12.7. The van der Waals surface area contributed by atoms with E-state index in [1.807, 2.05) is 30.9 Å². The van der Waals surface area contributed by atoms with Crippen LogP contribution >= 0.6 is 0 Å². The fraction of sp³-hybridized carbons (Fsp3) is 0.435. The first-order valence-corrected chi connectivity index (χ1v) is 11.8. The smallest absolute Gasteiger partial charge is 0.261 e. The average Bonchev–Trinajstić information content (AvgIpc) is 3.55. The van der Waals surface area contributed by atoms with Crippen molar-refractivity contribution in [1.82, 2.24) is 4.90 Å². The molecule has 154 valence electrons. The molecule has 1 N–H and O–H groups in total. The summed E-state index contributed by atoms with van der Waals surface area (Å²) in [7, 11) is -3.60. The maximum Gasteiger partial charge on any atom is 0.261 e. The summed E-state index contributed by atoms with van der Waals surface area (Å²) in [6.45, 7) is 5.50. The summed E-state index contributed by atoms with van der Waals surface area (Å²) in [5.74, 6) is 1.04. The Kier molecular flexibility index (Phi) is 5.38. The highest BCUT2D eigenvalue weighted by Crippen LogP contribution is 2.35. The number of aryl methyl sites for hydroxylation is 2. The number of nitrogens with zero attached hydrogens (tertiary/aromatic N) is 1. The Balaban J connectivity index is 1.43. The zero-order valence-electron chi connectivity index (χ0n) is 17.0. The van der Waals surface area contributed by atoms with Gasteiger partial charge in [-0.1, -0.05) is 29.8 Å². The van der Waals surface area contributed by atoms with Crippen LogP contribution in [-0.4, -0.2) is 32.3 Å². The monoisotopic (exact) mass is 412 g/mol. The van der Waals surface area contributed by atoms with E-state index in [4.69, 9.17) is 0 Å². The summed E-state index contributed by atoms with van der Waals surface area (Å²) in [4.78, 5) is 14.5. The fourth-order valence-electron chi connectivity index (χ4n) is 4.00. The van der Waals surface area contributed by atoms with Crippen LogP contribution in [0, 0.1) is 19.8 Å². The van der Waals surface area contributed by atoms with Crippen LogP contribution < -0.4 is 4.72 Å². The van der Waals surface area contributed by atoms with E-state index in [0.29, 0.717) is 17.5 Å². The van der Waals surface area contributed by atoms with E-state index >= 15 is 0 Å². The quantitative estimate of drug-likeness (QED) is 0.800. The lowest BCUT2D eigenvalue weighted by molar-refractivity contribution is -0.133. The number of sulfonamides is 1. The molecular formula is C23H28N2O3S. The van der Waals surface area contributed by atoms with Gasteiger partial charge in [0.15, 0.2) is 0 Å². The van der Waals surface area contributed by atoms with Crippen molar-refractivity contribution in [3.63, 3.8) is 0 Å². The molecule has 1 saturated carbocycles. The lowest BCUT2D eigenvalue weighted by Gasteiger charge is -2.32. The Bertz CT molecular complexity index is 1000. The third-order valence-corrected chi connectivity index (χ3v) is 7.41. The zero-order valence-corrected chi connectivity index (χ0v) is 17.8. The molecule has 1 aliphatic carbocycles. The van der Waals surface area contributed by atoms with Gasteiger partial charge in [0, 0.05) is 19.0 Å². The molecule has 2 aliphatic rings. The molecule has 4 rings (SSSR count). The number of nitrogens with one attached hydrogen (secondary N) is 1. The van der Waals surface area contributed by atoms with Crippen LogP contribution in [0.5, 0.6) is 0 Å². The number of hydrogen-bond acceptors (Lipinski definition) is 3. The van der Waals surface area contributed by atoms with Crippen LogP contribution in [0.3, 0.4) is 0 Å². The van der Waals surface area contributed by atoms with Crippen LogP contribution in [0.15, 0.2) is 47.4 Å². The van der Waals surface area contributed by atoms with Gasteiger partial charge in [0.2, 0.25) is 5.91 Å². The predicted octanol–water partition coefficient (Wildman–Crippen LogP) is 4.22. The predicted molar refractivity (Wildman–Crippen MR) is 114 cm³/mol. The number of benzene rings is 2. The molecule has 2 aromatic rings. The Labute approximate surface area is 173 Å². The summed E-state index contributed by atoms with van der Waals surface area (Å²) in [5, 5.41) is 0. The van der Waals surface area contributed by atoms with Crippen molar-refractivity contribution >= 4 is 21.6 Å². The number of likely N-dealkylation sites (tertiary alicyclic amines) is 1. The molecule has 5 nitrogen and oxygen atoms in total.